The summed E-state index contributed by atoms with van der Waals surface area (Å²) >= 11 is 0. The minimum absolute atomic E-state index is 0.103. The number of hydrogen-bond acceptors (Lipinski definition) is 5. The lowest BCUT2D eigenvalue weighted by Crippen LogP contribution is -2.50. The summed E-state index contributed by atoms with van der Waals surface area (Å²) in [5.41, 5.74) is 3.47. The number of carbonyl (C=O) groups is 1. The van der Waals surface area contributed by atoms with Crippen molar-refractivity contribution in [3.8, 4) is 0 Å². The van der Waals surface area contributed by atoms with Gasteiger partial charge in [-0.15, -0.1) is 0 Å². The lowest BCUT2D eigenvalue weighted by Gasteiger charge is -2.36. The number of nitrogens with one attached hydrogen (secondary N) is 1. The molecule has 0 unspecified atom stereocenters. The van der Waals surface area contributed by atoms with Gasteiger partial charge in [0.25, 0.3) is 0 Å². The minimum Gasteiger partial charge on any atom is -0.368 e. The molecule has 3 aromatic rings. The average Bonchev–Trinajstić information content (AvgIpc) is 3.14. The predicted octanol–water partition coefficient (Wildman–Crippen LogP) is 1.79. The van der Waals surface area contributed by atoms with Crippen molar-refractivity contribution < 1.29 is 4.79 Å². The largest absolute Gasteiger partial charge is 0.368 e. The Bertz CT molecular complexity index is 884. The smallest absolute Gasteiger partial charge is 0.322 e. The van der Waals surface area contributed by atoms with Crippen LogP contribution in [0.4, 0.5) is 16.2 Å². The lowest BCUT2D eigenvalue weighted by molar-refractivity contribution is 0.208. The van der Waals surface area contributed by atoms with Gasteiger partial charge in [0.05, 0.1) is 5.69 Å². The molecule has 4 rings (SSSR count). The van der Waals surface area contributed by atoms with E-state index in [1.54, 1.807) is 16.9 Å². The van der Waals surface area contributed by atoms with Crippen molar-refractivity contribution in [1.82, 2.24) is 24.5 Å². The molecule has 1 N–H and O–H groups in total. The number of aryl methyl sites for hydroxylation is 1. The highest BCUT2D eigenvalue weighted by Crippen LogP contribution is 2.21. The van der Waals surface area contributed by atoms with Crippen LogP contribution in [-0.2, 0) is 0 Å². The number of piperazine rings is 1. The second-order valence-corrected chi connectivity index (χ2v) is 6.01. The number of anilines is 2. The van der Waals surface area contributed by atoms with Crippen molar-refractivity contribution in [3.05, 3.63) is 48.7 Å². The maximum Gasteiger partial charge on any atom is 0.322 e. The third-order valence-electron chi connectivity index (χ3n) is 4.48. The first-order valence-corrected chi connectivity index (χ1v) is 8.22. The van der Waals surface area contributed by atoms with Gasteiger partial charge in [0.15, 0.2) is 5.65 Å². The van der Waals surface area contributed by atoms with Gasteiger partial charge in [-0.1, -0.05) is 0 Å². The Hall–Kier alpha value is -3.16. The summed E-state index contributed by atoms with van der Waals surface area (Å²) in [4.78, 5) is 25.0. The fourth-order valence-corrected chi connectivity index (χ4v) is 3.04. The number of hydrogen-bond donors (Lipinski definition) is 1. The molecule has 8 heteroatoms. The predicted molar refractivity (Wildman–Crippen MR) is 94.8 cm³/mol. The van der Waals surface area contributed by atoms with Gasteiger partial charge in [-0.2, -0.15) is 5.10 Å². The number of urea groups is 1. The minimum atomic E-state index is -0.103. The van der Waals surface area contributed by atoms with Crippen LogP contribution >= 0.6 is 0 Å². The summed E-state index contributed by atoms with van der Waals surface area (Å²) in [6, 6.07) is 5.79. The van der Waals surface area contributed by atoms with E-state index < -0.39 is 0 Å². The van der Waals surface area contributed by atoms with Crippen LogP contribution in [0.1, 0.15) is 5.56 Å². The third kappa shape index (κ3) is 2.98. The van der Waals surface area contributed by atoms with Crippen LogP contribution in [-0.4, -0.2) is 56.7 Å². The molecule has 0 aliphatic carbocycles. The number of pyridine rings is 2. The van der Waals surface area contributed by atoms with Crippen LogP contribution in [0.2, 0.25) is 0 Å². The van der Waals surface area contributed by atoms with Crippen molar-refractivity contribution in [2.75, 3.05) is 36.4 Å². The first kappa shape index (κ1) is 15.4. The highest BCUT2D eigenvalue weighted by atomic mass is 16.2. The Morgan fingerprint density at radius 2 is 1.88 bits per heavy atom. The first-order valence-electron chi connectivity index (χ1n) is 8.22. The van der Waals surface area contributed by atoms with E-state index in [0.29, 0.717) is 24.4 Å². The molecule has 3 aromatic heterocycles. The van der Waals surface area contributed by atoms with Gasteiger partial charge in [0.1, 0.15) is 6.33 Å². The fourth-order valence-electron chi connectivity index (χ4n) is 3.04. The van der Waals surface area contributed by atoms with Crippen molar-refractivity contribution in [3.63, 3.8) is 0 Å². The van der Waals surface area contributed by atoms with Gasteiger partial charge in [0, 0.05) is 50.5 Å². The average molecular weight is 337 g/mol. The van der Waals surface area contributed by atoms with Gasteiger partial charge in [-0.3, -0.25) is 4.98 Å². The Morgan fingerprint density at radius 1 is 1.12 bits per heavy atom. The summed E-state index contributed by atoms with van der Waals surface area (Å²) in [6.45, 7) is 4.88. The SMILES string of the molecule is Cc1ccn2ncnc2c1NC(=O)N1CCN(c2ccncc2)CC1. The quantitative estimate of drug-likeness (QED) is 0.771. The molecule has 0 aromatic carbocycles. The van der Waals surface area contributed by atoms with E-state index >= 15 is 0 Å². The Balaban J connectivity index is 1.44. The number of aromatic nitrogens is 4. The van der Waals surface area contributed by atoms with E-state index in [2.05, 4.69) is 25.3 Å². The van der Waals surface area contributed by atoms with Crippen LogP contribution in [0.3, 0.4) is 0 Å². The zero-order valence-electron chi connectivity index (χ0n) is 14.0. The number of rotatable bonds is 2. The standard InChI is InChI=1S/C17H19N7O/c1-13-4-7-24-16(19-12-20-24)15(13)21-17(25)23-10-8-22(9-11-23)14-2-5-18-6-3-14/h2-7,12H,8-11H2,1H3,(H,21,25). The maximum atomic E-state index is 12.7. The van der Waals surface area contributed by atoms with Crippen LogP contribution in [0.5, 0.6) is 0 Å². The van der Waals surface area contributed by atoms with E-state index in [9.17, 15) is 4.79 Å². The molecule has 25 heavy (non-hydrogen) atoms. The second-order valence-electron chi connectivity index (χ2n) is 6.01. The van der Waals surface area contributed by atoms with E-state index in [1.807, 2.05) is 36.2 Å². The molecular formula is C17H19N7O. The monoisotopic (exact) mass is 337 g/mol. The molecular weight excluding hydrogens is 318 g/mol. The number of carbonyl (C=O) groups excluding carboxylic acids is 1. The normalized spacial score (nSPS) is 14.8. The first-order chi connectivity index (χ1) is 12.2. The maximum absolute atomic E-state index is 12.7. The molecule has 1 fully saturated rings. The van der Waals surface area contributed by atoms with E-state index in [0.717, 1.165) is 24.3 Å². The molecule has 0 atom stereocenters. The number of nitrogens with zero attached hydrogens (tertiary/aromatic N) is 6. The van der Waals surface area contributed by atoms with Gasteiger partial charge in [-0.25, -0.2) is 14.3 Å². The number of amides is 2. The fraction of sp³-hybridized carbons (Fsp3) is 0.294. The van der Waals surface area contributed by atoms with Gasteiger partial charge in [-0.05, 0) is 30.7 Å². The van der Waals surface area contributed by atoms with Gasteiger partial charge < -0.3 is 15.1 Å². The molecule has 0 bridgehead atoms. The van der Waals surface area contributed by atoms with E-state index in [4.69, 9.17) is 0 Å². The zero-order valence-corrected chi connectivity index (χ0v) is 14.0. The number of fused-ring (bicyclic) bond motifs is 1. The second kappa shape index (κ2) is 6.39. The van der Waals surface area contributed by atoms with Crippen LogP contribution in [0.15, 0.2) is 43.1 Å². The Kier molecular flexibility index (Phi) is 3.93. The molecule has 8 nitrogen and oxygen atoms in total. The van der Waals surface area contributed by atoms with Crippen LogP contribution in [0, 0.1) is 6.92 Å². The summed E-state index contributed by atoms with van der Waals surface area (Å²) in [6.07, 6.45) is 6.89. The molecule has 0 spiro atoms. The Morgan fingerprint density at radius 3 is 2.64 bits per heavy atom. The molecule has 0 radical (unpaired) electrons. The molecule has 1 saturated heterocycles. The molecule has 2 amide bonds. The molecule has 1 aliphatic heterocycles. The van der Waals surface area contributed by atoms with Gasteiger partial charge >= 0.3 is 6.03 Å². The summed E-state index contributed by atoms with van der Waals surface area (Å²) in [7, 11) is 0. The molecule has 0 saturated carbocycles. The molecule has 128 valence electrons. The van der Waals surface area contributed by atoms with Crippen molar-refractivity contribution >= 4 is 23.1 Å². The van der Waals surface area contributed by atoms with Crippen LogP contribution in [0.25, 0.3) is 5.65 Å². The summed E-state index contributed by atoms with van der Waals surface area (Å²) in [5.74, 6) is 0. The van der Waals surface area contributed by atoms with Crippen LogP contribution < -0.4 is 10.2 Å². The molecule has 1 aliphatic rings. The molecule has 4 heterocycles. The Labute approximate surface area is 145 Å². The van der Waals surface area contributed by atoms with Gasteiger partial charge in [0.2, 0.25) is 0 Å². The van der Waals surface area contributed by atoms with E-state index in [1.165, 1.54) is 6.33 Å². The van der Waals surface area contributed by atoms with E-state index in [-0.39, 0.29) is 6.03 Å². The van der Waals surface area contributed by atoms with Crippen molar-refractivity contribution in [2.24, 2.45) is 0 Å². The third-order valence-corrected chi connectivity index (χ3v) is 4.48. The van der Waals surface area contributed by atoms with Crippen molar-refractivity contribution in [1.29, 1.82) is 0 Å². The van der Waals surface area contributed by atoms with Crippen molar-refractivity contribution in [2.45, 2.75) is 6.92 Å². The highest BCUT2D eigenvalue weighted by Gasteiger charge is 2.22. The lowest BCUT2D eigenvalue weighted by atomic mass is 10.2. The zero-order chi connectivity index (χ0) is 17.2. The summed E-state index contributed by atoms with van der Waals surface area (Å²) in [5, 5.41) is 7.11. The summed E-state index contributed by atoms with van der Waals surface area (Å²) < 4.78 is 1.66. The topological polar surface area (TPSA) is 78.7 Å². The highest BCUT2D eigenvalue weighted by molar-refractivity contribution is 5.94.